The summed E-state index contributed by atoms with van der Waals surface area (Å²) in [5, 5.41) is 2.40. The third-order valence-corrected chi connectivity index (χ3v) is 7.49. The van der Waals surface area contributed by atoms with Gasteiger partial charge < -0.3 is 0 Å². The molecule has 0 saturated heterocycles. The van der Waals surface area contributed by atoms with Gasteiger partial charge in [-0.3, -0.25) is 0 Å². The molecule has 35 heavy (non-hydrogen) atoms. The summed E-state index contributed by atoms with van der Waals surface area (Å²) in [6.45, 7) is 6.77. The summed E-state index contributed by atoms with van der Waals surface area (Å²) < 4.78 is 6.58. The van der Waals surface area contributed by atoms with Gasteiger partial charge in [-0.25, -0.2) is 0 Å². The molecule has 170 valence electrons. The Hall–Kier alpha value is -2.87. The minimum absolute atomic E-state index is 0.316. The van der Waals surface area contributed by atoms with Crippen LogP contribution < -0.4 is 0 Å². The first-order chi connectivity index (χ1) is 16.7. The summed E-state index contributed by atoms with van der Waals surface area (Å²) >= 11 is 0. The zero-order valence-electron chi connectivity index (χ0n) is 22.3. The molecule has 1 atom stereocenters. The average Bonchev–Trinajstić information content (AvgIpc) is 3.25. The Morgan fingerprint density at radius 3 is 2.17 bits per heavy atom. The second kappa shape index (κ2) is 10.4. The first kappa shape index (κ1) is 25.2. The molecule has 0 bridgehead atoms. The van der Waals surface area contributed by atoms with Gasteiger partial charge in [0.25, 0.3) is 0 Å². The van der Waals surface area contributed by atoms with Crippen LogP contribution in [0.2, 0.25) is 0 Å². The van der Waals surface area contributed by atoms with Crippen molar-refractivity contribution in [3.8, 4) is 0 Å². The Bertz CT molecular complexity index is 1460. The molecule has 1 unspecified atom stereocenters. The van der Waals surface area contributed by atoms with Crippen molar-refractivity contribution in [3.05, 3.63) is 105 Å². The van der Waals surface area contributed by atoms with E-state index in [4.69, 9.17) is 4.42 Å². The first-order valence-corrected chi connectivity index (χ1v) is 12.7. The molecule has 6 heteroatoms. The van der Waals surface area contributed by atoms with Crippen molar-refractivity contribution in [1.82, 2.24) is 0 Å². The predicted molar refractivity (Wildman–Crippen MR) is 167 cm³/mol. The van der Waals surface area contributed by atoms with Crippen LogP contribution in [-0.2, 0) is 0 Å². The van der Waals surface area contributed by atoms with Crippen molar-refractivity contribution in [3.63, 3.8) is 0 Å². The Morgan fingerprint density at radius 2 is 1.51 bits per heavy atom. The molecular formula is C29H33B5O. The molecule has 0 saturated carbocycles. The van der Waals surface area contributed by atoms with Gasteiger partial charge in [0, 0.05) is 0 Å². The number of rotatable bonds is 7. The van der Waals surface area contributed by atoms with Crippen LogP contribution in [-0.4, -0.2) is 44.3 Å². The normalized spacial score (nSPS) is 14.1. The van der Waals surface area contributed by atoms with Crippen LogP contribution in [0.15, 0.2) is 93.0 Å². The maximum atomic E-state index is 6.58. The van der Waals surface area contributed by atoms with Gasteiger partial charge >= 0.3 is 215 Å². The van der Waals surface area contributed by atoms with Gasteiger partial charge in [-0.15, -0.1) is 0 Å². The summed E-state index contributed by atoms with van der Waals surface area (Å²) in [4.78, 5) is 0. The van der Waals surface area contributed by atoms with E-state index in [9.17, 15) is 0 Å². The summed E-state index contributed by atoms with van der Waals surface area (Å²) in [5.74, 6) is 0.898. The van der Waals surface area contributed by atoms with Gasteiger partial charge in [0.2, 0.25) is 0 Å². The van der Waals surface area contributed by atoms with Crippen LogP contribution in [0.5, 0.6) is 0 Å². The molecule has 0 amide bonds. The quantitative estimate of drug-likeness (QED) is 0.311. The van der Waals surface area contributed by atoms with E-state index in [2.05, 4.69) is 126 Å². The molecule has 1 nitrogen and oxygen atoms in total. The SMILES string of the molecule is B=C(/C(B)=C(B)\C(B)=C(\B)C)c1cccc2c1oc1cccc(C(CC(C)C)c3ccccc3)c12. The summed E-state index contributed by atoms with van der Waals surface area (Å²) in [5.41, 5.74) is 11.8. The van der Waals surface area contributed by atoms with E-state index in [0.29, 0.717) is 11.8 Å². The summed E-state index contributed by atoms with van der Waals surface area (Å²) in [6, 6.07) is 23.9. The van der Waals surface area contributed by atoms with Crippen molar-refractivity contribution in [2.45, 2.75) is 33.1 Å². The van der Waals surface area contributed by atoms with Crippen LogP contribution in [0.3, 0.4) is 0 Å². The molecule has 0 fully saturated rings. The van der Waals surface area contributed by atoms with E-state index in [0.717, 1.165) is 28.6 Å². The first-order valence-electron chi connectivity index (χ1n) is 12.7. The molecule has 0 N–H and O–H groups in total. The number of hydrogen-bond donors (Lipinski definition) is 0. The molecular weight excluding hydrogens is 418 g/mol. The van der Waals surface area contributed by atoms with Crippen molar-refractivity contribution in [1.29, 1.82) is 0 Å². The van der Waals surface area contributed by atoms with E-state index in [1.54, 1.807) is 0 Å². The Morgan fingerprint density at radius 1 is 0.829 bits per heavy atom. The van der Waals surface area contributed by atoms with Crippen LogP contribution >= 0.6 is 0 Å². The van der Waals surface area contributed by atoms with Crippen LogP contribution in [0.25, 0.3) is 21.9 Å². The van der Waals surface area contributed by atoms with Gasteiger partial charge in [-0.05, 0) is 0 Å². The van der Waals surface area contributed by atoms with Gasteiger partial charge in [0.1, 0.15) is 0 Å². The molecule has 0 radical (unpaired) electrons. The predicted octanol–water partition coefficient (Wildman–Crippen LogP) is 3.16. The fourth-order valence-corrected chi connectivity index (χ4v) is 5.09. The Labute approximate surface area is 214 Å². The van der Waals surface area contributed by atoms with E-state index in [1.165, 1.54) is 43.8 Å². The molecule has 4 rings (SSSR count). The van der Waals surface area contributed by atoms with Crippen LogP contribution in [0.1, 0.15) is 49.8 Å². The second-order valence-electron chi connectivity index (χ2n) is 10.5. The van der Waals surface area contributed by atoms with E-state index >= 15 is 0 Å². The van der Waals surface area contributed by atoms with Crippen LogP contribution in [0.4, 0.5) is 0 Å². The van der Waals surface area contributed by atoms with Crippen molar-refractivity contribution in [2.75, 3.05) is 0 Å². The van der Waals surface area contributed by atoms with Gasteiger partial charge in [0.15, 0.2) is 0 Å². The van der Waals surface area contributed by atoms with Gasteiger partial charge in [0.05, 0.1) is 0 Å². The van der Waals surface area contributed by atoms with E-state index in [-0.39, 0.29) is 0 Å². The summed E-state index contributed by atoms with van der Waals surface area (Å²) in [7, 11) is 13.2. The fourth-order valence-electron chi connectivity index (χ4n) is 5.09. The number of fused-ring (bicyclic) bond motifs is 3. The number of para-hydroxylation sites is 1. The molecule has 1 aromatic heterocycles. The molecule has 0 aliphatic carbocycles. The molecule has 0 aliphatic heterocycles. The number of furan rings is 1. The standard InChI is InChI=1S/C29H33B5O/c1-16(2)15-22(18-9-5-4-6-10-18)19-11-8-14-23-24(19)20-12-7-13-21(29(20)35-23)26(32)28(34)27(33)25(31)17(3)30/h4-14,16,22,32H,15,30-31,33-34H2,1-3H3/b25-17-,28-27-. The summed E-state index contributed by atoms with van der Waals surface area (Å²) in [6.07, 6.45) is 1.09. The van der Waals surface area contributed by atoms with Gasteiger partial charge in [-0.2, -0.15) is 0 Å². The molecule has 3 aromatic carbocycles. The van der Waals surface area contributed by atoms with E-state index in [1.807, 2.05) is 0 Å². The third kappa shape index (κ3) is 4.94. The van der Waals surface area contributed by atoms with E-state index < -0.39 is 0 Å². The zero-order chi connectivity index (χ0) is 25.3. The monoisotopic (exact) mass is 452 g/mol. The van der Waals surface area contributed by atoms with Crippen molar-refractivity contribution in [2.24, 2.45) is 5.92 Å². The fraction of sp³-hybridized carbons (Fsp3) is 0.207. The molecule has 0 spiro atoms. The van der Waals surface area contributed by atoms with Crippen LogP contribution in [0, 0.1) is 5.92 Å². The Kier molecular flexibility index (Phi) is 7.50. The molecule has 1 heterocycles. The van der Waals surface area contributed by atoms with Crippen molar-refractivity contribution < 1.29 is 4.42 Å². The molecule has 0 aliphatic rings. The zero-order valence-corrected chi connectivity index (χ0v) is 22.3. The number of benzene rings is 3. The Balaban J connectivity index is 1.94. The minimum atomic E-state index is 0.316. The maximum absolute atomic E-state index is 6.58. The number of allylic oxidation sites excluding steroid dienone is 4. The van der Waals surface area contributed by atoms with Crippen molar-refractivity contribution >= 4 is 66.3 Å². The molecule has 4 aromatic rings. The topological polar surface area (TPSA) is 13.1 Å². The number of hydrogen-bond acceptors (Lipinski definition) is 1. The second-order valence-corrected chi connectivity index (χ2v) is 10.5. The third-order valence-electron chi connectivity index (χ3n) is 7.49. The van der Waals surface area contributed by atoms with Gasteiger partial charge in [-0.1, -0.05) is 0 Å². The average molecular weight is 452 g/mol.